The summed E-state index contributed by atoms with van der Waals surface area (Å²) in [6.07, 6.45) is 3.07. The fourth-order valence-corrected chi connectivity index (χ4v) is 5.05. The molecule has 2 atom stereocenters. The van der Waals surface area contributed by atoms with Gasteiger partial charge in [-0.1, -0.05) is 36.4 Å². The van der Waals surface area contributed by atoms with Gasteiger partial charge in [-0.25, -0.2) is 0 Å². The summed E-state index contributed by atoms with van der Waals surface area (Å²) < 4.78 is 5.29. The topological polar surface area (TPSA) is 32.7 Å². The maximum Gasteiger partial charge on any atom is 0.118 e. The fourth-order valence-electron chi connectivity index (χ4n) is 5.05. The molecule has 2 unspecified atom stereocenters. The Hall–Kier alpha value is -1.84. The summed E-state index contributed by atoms with van der Waals surface area (Å²) in [7, 11) is 1.69. The van der Waals surface area contributed by atoms with Crippen LogP contribution in [-0.2, 0) is 12.0 Å². The van der Waals surface area contributed by atoms with E-state index in [0.29, 0.717) is 12.3 Å². The summed E-state index contributed by atoms with van der Waals surface area (Å²) in [5.41, 5.74) is 2.60. The van der Waals surface area contributed by atoms with Crippen LogP contribution in [0.1, 0.15) is 29.5 Å². The molecule has 3 heteroatoms. The monoisotopic (exact) mass is 351 g/mol. The third-order valence-electron chi connectivity index (χ3n) is 6.51. The van der Waals surface area contributed by atoms with Crippen LogP contribution in [0.4, 0.5) is 0 Å². The molecule has 3 saturated heterocycles. The highest BCUT2D eigenvalue weighted by Crippen LogP contribution is 2.46. The van der Waals surface area contributed by atoms with Crippen molar-refractivity contribution in [3.05, 3.63) is 65.2 Å². The number of piperidine rings is 3. The summed E-state index contributed by atoms with van der Waals surface area (Å²) in [5.74, 6) is 1.76. The normalized spacial score (nSPS) is 27.1. The third kappa shape index (κ3) is 3.15. The molecule has 2 aromatic rings. The van der Waals surface area contributed by atoms with Crippen molar-refractivity contribution in [1.82, 2.24) is 4.90 Å². The molecule has 2 aromatic carbocycles. The van der Waals surface area contributed by atoms with Crippen LogP contribution in [0, 0.1) is 18.8 Å². The Morgan fingerprint density at radius 3 is 2.35 bits per heavy atom. The lowest BCUT2D eigenvalue weighted by molar-refractivity contribution is -0.102. The van der Waals surface area contributed by atoms with E-state index in [2.05, 4.69) is 48.2 Å². The molecule has 3 nitrogen and oxygen atoms in total. The predicted octanol–water partition coefficient (Wildman–Crippen LogP) is 3.78. The lowest BCUT2D eigenvalue weighted by Crippen LogP contribution is -2.56. The highest BCUT2D eigenvalue weighted by Gasteiger charge is 2.47. The molecular weight excluding hydrogens is 322 g/mol. The Morgan fingerprint density at radius 2 is 1.77 bits per heavy atom. The van der Waals surface area contributed by atoms with Crippen molar-refractivity contribution in [3.8, 4) is 5.75 Å². The van der Waals surface area contributed by atoms with Gasteiger partial charge < -0.3 is 14.7 Å². The van der Waals surface area contributed by atoms with E-state index < -0.39 is 5.60 Å². The van der Waals surface area contributed by atoms with Crippen molar-refractivity contribution < 1.29 is 9.84 Å². The lowest BCUT2D eigenvalue weighted by Gasteiger charge is -2.51. The number of hydrogen-bond acceptors (Lipinski definition) is 3. The maximum absolute atomic E-state index is 12.1. The first-order valence-electron chi connectivity index (χ1n) is 9.74. The Labute approximate surface area is 156 Å². The predicted molar refractivity (Wildman–Crippen MR) is 104 cm³/mol. The molecule has 3 aliphatic heterocycles. The van der Waals surface area contributed by atoms with E-state index in [1.165, 1.54) is 31.5 Å². The molecule has 3 heterocycles. The molecule has 0 aliphatic carbocycles. The first-order chi connectivity index (χ1) is 12.6. The molecule has 0 spiro atoms. The molecule has 138 valence electrons. The SMILES string of the molecule is COc1ccc(CC(O)(c2ccccc2C)C2CN3CCC2CC3)cc1. The standard InChI is InChI=1S/C23H29NO2/c1-17-5-3-4-6-21(17)23(25,15-18-7-9-20(26-2)10-8-18)22-16-24-13-11-19(22)12-14-24/h3-10,19,22,25H,11-16H2,1-2H3. The summed E-state index contributed by atoms with van der Waals surface area (Å²) in [4.78, 5) is 2.53. The molecule has 3 fully saturated rings. The van der Waals surface area contributed by atoms with Gasteiger partial charge in [-0.05, 0) is 67.6 Å². The minimum absolute atomic E-state index is 0.285. The number of aryl methyl sites for hydroxylation is 1. The lowest BCUT2D eigenvalue weighted by atomic mass is 9.65. The molecule has 0 radical (unpaired) electrons. The average molecular weight is 351 g/mol. The van der Waals surface area contributed by atoms with Crippen LogP contribution in [0.2, 0.25) is 0 Å². The molecule has 0 saturated carbocycles. The molecule has 2 bridgehead atoms. The molecular formula is C23H29NO2. The van der Waals surface area contributed by atoms with Crippen LogP contribution in [0.15, 0.2) is 48.5 Å². The minimum Gasteiger partial charge on any atom is -0.497 e. The summed E-state index contributed by atoms with van der Waals surface area (Å²) in [6.45, 7) is 5.50. The number of fused-ring (bicyclic) bond motifs is 3. The molecule has 3 aliphatic rings. The molecule has 5 rings (SSSR count). The van der Waals surface area contributed by atoms with Crippen LogP contribution >= 0.6 is 0 Å². The Bertz CT molecular complexity index is 749. The van der Waals surface area contributed by atoms with Gasteiger partial charge >= 0.3 is 0 Å². The average Bonchev–Trinajstić information content (AvgIpc) is 2.69. The van der Waals surface area contributed by atoms with E-state index in [1.807, 2.05) is 12.1 Å². The summed E-state index contributed by atoms with van der Waals surface area (Å²) >= 11 is 0. The van der Waals surface area contributed by atoms with Crippen molar-refractivity contribution in [1.29, 1.82) is 0 Å². The minimum atomic E-state index is -0.830. The van der Waals surface area contributed by atoms with Crippen molar-refractivity contribution in [2.24, 2.45) is 11.8 Å². The zero-order chi connectivity index (χ0) is 18.1. The zero-order valence-electron chi connectivity index (χ0n) is 15.8. The molecule has 1 N–H and O–H groups in total. The van der Waals surface area contributed by atoms with Crippen LogP contribution in [0.5, 0.6) is 5.75 Å². The summed E-state index contributed by atoms with van der Waals surface area (Å²) in [6, 6.07) is 16.5. The van der Waals surface area contributed by atoms with Gasteiger partial charge in [0, 0.05) is 18.9 Å². The van der Waals surface area contributed by atoms with E-state index in [1.54, 1.807) is 7.11 Å². The second kappa shape index (κ2) is 7.05. The quantitative estimate of drug-likeness (QED) is 0.890. The number of methoxy groups -OCH3 is 1. The van der Waals surface area contributed by atoms with Crippen molar-refractivity contribution >= 4 is 0 Å². The van der Waals surface area contributed by atoms with Gasteiger partial charge in [-0.3, -0.25) is 0 Å². The highest BCUT2D eigenvalue weighted by atomic mass is 16.5. The van der Waals surface area contributed by atoms with Gasteiger partial charge in [0.1, 0.15) is 5.75 Å². The van der Waals surface area contributed by atoms with E-state index in [-0.39, 0.29) is 5.92 Å². The Balaban J connectivity index is 1.72. The third-order valence-corrected chi connectivity index (χ3v) is 6.51. The van der Waals surface area contributed by atoms with Gasteiger partial charge in [-0.15, -0.1) is 0 Å². The van der Waals surface area contributed by atoms with Gasteiger partial charge in [0.25, 0.3) is 0 Å². The first kappa shape index (κ1) is 17.6. The molecule has 26 heavy (non-hydrogen) atoms. The number of hydrogen-bond donors (Lipinski definition) is 1. The smallest absolute Gasteiger partial charge is 0.118 e. The van der Waals surface area contributed by atoms with E-state index in [9.17, 15) is 5.11 Å². The Kier molecular flexibility index (Phi) is 4.76. The van der Waals surface area contributed by atoms with Crippen molar-refractivity contribution in [2.75, 3.05) is 26.7 Å². The second-order valence-electron chi connectivity index (χ2n) is 8.01. The second-order valence-corrected chi connectivity index (χ2v) is 8.01. The number of aliphatic hydroxyl groups is 1. The zero-order valence-corrected chi connectivity index (χ0v) is 15.8. The number of rotatable bonds is 5. The van der Waals surface area contributed by atoms with Gasteiger partial charge in [0.05, 0.1) is 12.7 Å². The highest BCUT2D eigenvalue weighted by molar-refractivity contribution is 5.36. The van der Waals surface area contributed by atoms with Crippen molar-refractivity contribution in [2.45, 2.75) is 31.8 Å². The van der Waals surface area contributed by atoms with Gasteiger partial charge in [-0.2, -0.15) is 0 Å². The van der Waals surface area contributed by atoms with Crippen LogP contribution in [-0.4, -0.2) is 36.8 Å². The van der Waals surface area contributed by atoms with Crippen LogP contribution < -0.4 is 4.74 Å². The number of nitrogens with zero attached hydrogens (tertiary/aromatic N) is 1. The van der Waals surface area contributed by atoms with E-state index in [4.69, 9.17) is 4.74 Å². The summed E-state index contributed by atoms with van der Waals surface area (Å²) in [5, 5.41) is 12.1. The van der Waals surface area contributed by atoms with Crippen molar-refractivity contribution in [3.63, 3.8) is 0 Å². The Morgan fingerprint density at radius 1 is 1.08 bits per heavy atom. The van der Waals surface area contributed by atoms with Gasteiger partial charge in [0.2, 0.25) is 0 Å². The number of benzene rings is 2. The van der Waals surface area contributed by atoms with Crippen LogP contribution in [0.25, 0.3) is 0 Å². The van der Waals surface area contributed by atoms with E-state index >= 15 is 0 Å². The van der Waals surface area contributed by atoms with E-state index in [0.717, 1.165) is 23.4 Å². The first-order valence-corrected chi connectivity index (χ1v) is 9.74. The van der Waals surface area contributed by atoms with Gasteiger partial charge in [0.15, 0.2) is 0 Å². The van der Waals surface area contributed by atoms with Crippen LogP contribution in [0.3, 0.4) is 0 Å². The molecule has 0 amide bonds. The maximum atomic E-state index is 12.1. The largest absolute Gasteiger partial charge is 0.497 e. The fraction of sp³-hybridized carbons (Fsp3) is 0.478. The number of ether oxygens (including phenoxy) is 1. The molecule has 0 aromatic heterocycles.